The average Bonchev–Trinajstić information content (AvgIpc) is 2.50. The Balaban J connectivity index is 0.00000264. The molecule has 1 unspecified atom stereocenters. The summed E-state index contributed by atoms with van der Waals surface area (Å²) in [6.07, 6.45) is 0.915. The average molecular weight is 385 g/mol. The summed E-state index contributed by atoms with van der Waals surface area (Å²) >= 11 is 3.27. The van der Waals surface area contributed by atoms with Crippen LogP contribution in [-0.2, 0) is 4.74 Å². The maximum absolute atomic E-state index is 13.5. The zero-order valence-corrected chi connectivity index (χ0v) is 13.6. The molecule has 0 spiro atoms. The van der Waals surface area contributed by atoms with Crippen molar-refractivity contribution in [3.63, 3.8) is 0 Å². The first-order chi connectivity index (χ1) is 10.4. The number of ether oxygens (including phenoxy) is 2. The van der Waals surface area contributed by atoms with Crippen LogP contribution in [0.25, 0.3) is 0 Å². The summed E-state index contributed by atoms with van der Waals surface area (Å²) in [7, 11) is 1.26. The Hall–Kier alpha value is -2.15. The molecule has 0 fully saturated rings. The van der Waals surface area contributed by atoms with Crippen LogP contribution in [0.5, 0.6) is 5.75 Å². The van der Waals surface area contributed by atoms with Crippen LogP contribution in [-0.4, -0.2) is 18.1 Å². The first-order valence-corrected chi connectivity index (χ1v) is 7.17. The van der Waals surface area contributed by atoms with Crippen LogP contribution in [0.4, 0.5) is 10.2 Å². The van der Waals surface area contributed by atoms with Gasteiger partial charge in [0, 0.05) is 16.2 Å². The number of methoxy groups -OCH3 is 1. The molecule has 7 heteroatoms. The van der Waals surface area contributed by atoms with Gasteiger partial charge >= 0.3 is 5.97 Å². The number of nitrogen functional groups attached to an aromatic ring is 1. The van der Waals surface area contributed by atoms with Gasteiger partial charge in [-0.05, 0) is 47.1 Å². The third kappa shape index (κ3) is 4.41. The fourth-order valence-electron chi connectivity index (χ4n) is 1.95. The molecule has 0 aliphatic carbocycles. The van der Waals surface area contributed by atoms with E-state index in [1.54, 1.807) is 13.0 Å². The van der Waals surface area contributed by atoms with E-state index in [1.165, 1.54) is 31.5 Å². The molecule has 0 amide bonds. The Morgan fingerprint density at radius 1 is 1.39 bits per heavy atom. The molecule has 0 aliphatic rings. The van der Waals surface area contributed by atoms with Crippen LogP contribution < -0.4 is 10.5 Å². The largest absolute Gasteiger partial charge is 0.482 e. The van der Waals surface area contributed by atoms with E-state index in [4.69, 9.17) is 15.2 Å². The SMILES string of the molecule is C.COC(=O)c1ccc(F)cc1C(C)Oc1cc(Br)cnc1N. The first-order valence-electron chi connectivity index (χ1n) is 6.37. The Labute approximate surface area is 142 Å². The van der Waals surface area contributed by atoms with E-state index >= 15 is 0 Å². The predicted octanol–water partition coefficient (Wildman–Crippen LogP) is 4.13. The number of carbonyl (C=O) groups is 1. The zero-order chi connectivity index (χ0) is 16.3. The lowest BCUT2D eigenvalue weighted by Gasteiger charge is -2.18. The number of esters is 1. The molecule has 1 heterocycles. The summed E-state index contributed by atoms with van der Waals surface area (Å²) in [5.41, 5.74) is 6.35. The van der Waals surface area contributed by atoms with Crippen molar-refractivity contribution < 1.29 is 18.7 Å². The number of carbonyl (C=O) groups excluding carboxylic acids is 1. The van der Waals surface area contributed by atoms with Crippen LogP contribution in [0.2, 0.25) is 0 Å². The highest BCUT2D eigenvalue weighted by Crippen LogP contribution is 2.30. The van der Waals surface area contributed by atoms with Crippen LogP contribution in [0.15, 0.2) is 34.9 Å². The van der Waals surface area contributed by atoms with Crippen LogP contribution >= 0.6 is 15.9 Å². The second-order valence-corrected chi connectivity index (χ2v) is 5.44. The van der Waals surface area contributed by atoms with Crippen molar-refractivity contribution >= 4 is 27.7 Å². The quantitative estimate of drug-likeness (QED) is 0.802. The number of rotatable bonds is 4. The van der Waals surface area contributed by atoms with Crippen molar-refractivity contribution in [2.75, 3.05) is 12.8 Å². The Morgan fingerprint density at radius 3 is 2.74 bits per heavy atom. The van der Waals surface area contributed by atoms with Gasteiger partial charge in [-0.3, -0.25) is 0 Å². The summed E-state index contributed by atoms with van der Waals surface area (Å²) < 4.78 is 24.6. The van der Waals surface area contributed by atoms with Crippen molar-refractivity contribution in [1.82, 2.24) is 4.98 Å². The van der Waals surface area contributed by atoms with E-state index in [-0.39, 0.29) is 18.8 Å². The van der Waals surface area contributed by atoms with Crippen molar-refractivity contribution in [3.8, 4) is 5.75 Å². The Bertz CT molecular complexity index is 710. The van der Waals surface area contributed by atoms with Gasteiger partial charge in [0.2, 0.25) is 0 Å². The van der Waals surface area contributed by atoms with Gasteiger partial charge in [0.1, 0.15) is 11.9 Å². The number of hydrogen-bond donors (Lipinski definition) is 1. The van der Waals surface area contributed by atoms with Gasteiger partial charge in [-0.1, -0.05) is 7.43 Å². The number of pyridine rings is 1. The van der Waals surface area contributed by atoms with Crippen molar-refractivity contribution in [1.29, 1.82) is 0 Å². The minimum atomic E-state index is -0.622. The van der Waals surface area contributed by atoms with E-state index in [0.717, 1.165) is 0 Å². The molecule has 0 saturated heterocycles. The maximum atomic E-state index is 13.5. The molecule has 5 nitrogen and oxygen atoms in total. The minimum Gasteiger partial charge on any atom is -0.482 e. The second-order valence-electron chi connectivity index (χ2n) is 4.52. The van der Waals surface area contributed by atoms with Gasteiger partial charge < -0.3 is 15.2 Å². The standard InChI is InChI=1S/C15H14BrFN2O3.CH4/c1-8(22-13-5-9(16)7-19-14(13)18)12-6-10(17)3-4-11(12)15(20)21-2;/h3-8H,1-2H3,(H2,18,19);1H4. The van der Waals surface area contributed by atoms with Gasteiger partial charge in [0.15, 0.2) is 11.6 Å². The van der Waals surface area contributed by atoms with E-state index in [0.29, 0.717) is 15.8 Å². The highest BCUT2D eigenvalue weighted by atomic mass is 79.9. The third-order valence-corrected chi connectivity index (χ3v) is 3.44. The molecule has 0 saturated carbocycles. The summed E-state index contributed by atoms with van der Waals surface area (Å²) in [6, 6.07) is 5.44. The smallest absolute Gasteiger partial charge is 0.338 e. The lowest BCUT2D eigenvalue weighted by Crippen LogP contribution is -2.13. The topological polar surface area (TPSA) is 74.4 Å². The van der Waals surface area contributed by atoms with Crippen LogP contribution in [0, 0.1) is 5.82 Å². The Kier molecular flexibility index (Phi) is 6.50. The number of hydrogen-bond acceptors (Lipinski definition) is 5. The summed E-state index contributed by atoms with van der Waals surface area (Å²) in [5.74, 6) is -0.503. The number of anilines is 1. The molecule has 2 aromatic rings. The van der Waals surface area contributed by atoms with Gasteiger partial charge in [-0.15, -0.1) is 0 Å². The monoisotopic (exact) mass is 384 g/mol. The van der Waals surface area contributed by atoms with Crippen molar-refractivity contribution in [3.05, 3.63) is 51.9 Å². The van der Waals surface area contributed by atoms with Crippen molar-refractivity contribution in [2.24, 2.45) is 0 Å². The highest BCUT2D eigenvalue weighted by Gasteiger charge is 2.20. The molecular weight excluding hydrogens is 367 g/mol. The summed E-state index contributed by atoms with van der Waals surface area (Å²) in [6.45, 7) is 1.68. The fourth-order valence-corrected chi connectivity index (χ4v) is 2.26. The van der Waals surface area contributed by atoms with E-state index in [1.807, 2.05) is 0 Å². The molecule has 2 rings (SSSR count). The summed E-state index contributed by atoms with van der Waals surface area (Å²) in [5, 5.41) is 0. The summed E-state index contributed by atoms with van der Waals surface area (Å²) in [4.78, 5) is 15.7. The fraction of sp³-hybridized carbons (Fsp3) is 0.250. The lowest BCUT2D eigenvalue weighted by molar-refractivity contribution is 0.0595. The number of aromatic nitrogens is 1. The zero-order valence-electron chi connectivity index (χ0n) is 12.0. The van der Waals surface area contributed by atoms with Gasteiger partial charge in [-0.25, -0.2) is 14.2 Å². The highest BCUT2D eigenvalue weighted by molar-refractivity contribution is 9.10. The Morgan fingerprint density at radius 2 is 2.09 bits per heavy atom. The van der Waals surface area contributed by atoms with E-state index < -0.39 is 17.9 Å². The van der Waals surface area contributed by atoms with E-state index in [2.05, 4.69) is 20.9 Å². The number of nitrogens with two attached hydrogens (primary N) is 1. The lowest BCUT2D eigenvalue weighted by atomic mass is 10.0. The molecule has 1 aromatic heterocycles. The van der Waals surface area contributed by atoms with Crippen LogP contribution in [0.1, 0.15) is 36.4 Å². The normalized spacial score (nSPS) is 11.3. The third-order valence-electron chi connectivity index (χ3n) is 3.01. The molecule has 0 aliphatic heterocycles. The molecule has 0 bridgehead atoms. The predicted molar refractivity (Wildman–Crippen MR) is 89.9 cm³/mol. The number of benzene rings is 1. The number of halogens is 2. The molecule has 124 valence electrons. The van der Waals surface area contributed by atoms with Gasteiger partial charge in [-0.2, -0.15) is 0 Å². The molecule has 1 atom stereocenters. The maximum Gasteiger partial charge on any atom is 0.338 e. The number of nitrogens with zero attached hydrogens (tertiary/aromatic N) is 1. The molecular formula is C16H18BrFN2O3. The minimum absolute atomic E-state index is 0. The van der Waals surface area contributed by atoms with Crippen molar-refractivity contribution in [2.45, 2.75) is 20.5 Å². The van der Waals surface area contributed by atoms with Gasteiger partial charge in [0.05, 0.1) is 12.7 Å². The molecule has 1 aromatic carbocycles. The molecule has 2 N–H and O–H groups in total. The van der Waals surface area contributed by atoms with E-state index in [9.17, 15) is 9.18 Å². The molecule has 23 heavy (non-hydrogen) atoms. The van der Waals surface area contributed by atoms with Gasteiger partial charge in [0.25, 0.3) is 0 Å². The van der Waals surface area contributed by atoms with Crippen LogP contribution in [0.3, 0.4) is 0 Å². The first kappa shape index (κ1) is 18.9. The molecule has 0 radical (unpaired) electrons. The second kappa shape index (κ2) is 7.92.